The number of aryl methyl sites for hydroxylation is 2. The van der Waals surface area contributed by atoms with Crippen LogP contribution in [0.3, 0.4) is 0 Å². The maximum atomic E-state index is 9.84. The molecule has 0 radical (unpaired) electrons. The van der Waals surface area contributed by atoms with Gasteiger partial charge in [-0.05, 0) is 55.0 Å². The van der Waals surface area contributed by atoms with E-state index >= 15 is 0 Å². The lowest BCUT2D eigenvalue weighted by molar-refractivity contribution is 0.477. The van der Waals surface area contributed by atoms with E-state index in [0.29, 0.717) is 5.65 Å². The van der Waals surface area contributed by atoms with Crippen molar-refractivity contribution in [1.82, 2.24) is 9.38 Å². The number of aromatic nitrogens is 2. The van der Waals surface area contributed by atoms with Crippen molar-refractivity contribution < 1.29 is 5.11 Å². The van der Waals surface area contributed by atoms with E-state index in [4.69, 9.17) is 0 Å². The highest BCUT2D eigenvalue weighted by Gasteiger charge is 2.12. The van der Waals surface area contributed by atoms with Crippen LogP contribution >= 0.6 is 0 Å². The van der Waals surface area contributed by atoms with Crippen LogP contribution in [0, 0.1) is 0 Å². The highest BCUT2D eigenvalue weighted by molar-refractivity contribution is 5.66. The second-order valence-corrected chi connectivity index (χ2v) is 5.44. The topological polar surface area (TPSA) is 37.5 Å². The van der Waals surface area contributed by atoms with Crippen molar-refractivity contribution in [2.75, 3.05) is 0 Å². The second kappa shape index (κ2) is 4.37. The van der Waals surface area contributed by atoms with E-state index in [-0.39, 0.29) is 5.75 Å². The quantitative estimate of drug-likeness (QED) is 0.729. The van der Waals surface area contributed by atoms with Gasteiger partial charge in [-0.25, -0.2) is 4.98 Å². The molecule has 20 heavy (non-hydrogen) atoms. The molecule has 3 heteroatoms. The van der Waals surface area contributed by atoms with Gasteiger partial charge in [0.1, 0.15) is 0 Å². The van der Waals surface area contributed by atoms with Crippen molar-refractivity contribution in [3.8, 4) is 17.0 Å². The van der Waals surface area contributed by atoms with Crippen LogP contribution < -0.4 is 0 Å². The normalized spacial score (nSPS) is 14.4. The summed E-state index contributed by atoms with van der Waals surface area (Å²) in [5.41, 5.74) is 5.59. The summed E-state index contributed by atoms with van der Waals surface area (Å²) in [6.45, 7) is 0. The summed E-state index contributed by atoms with van der Waals surface area (Å²) in [6, 6.07) is 10.1. The fourth-order valence-corrected chi connectivity index (χ4v) is 3.03. The lowest BCUT2D eigenvalue weighted by Gasteiger charge is -2.15. The van der Waals surface area contributed by atoms with Crippen molar-refractivity contribution >= 4 is 5.65 Å². The molecule has 100 valence electrons. The number of imidazole rings is 1. The predicted octanol–water partition coefficient (Wildman–Crippen LogP) is 3.59. The maximum Gasteiger partial charge on any atom is 0.180 e. The van der Waals surface area contributed by atoms with Gasteiger partial charge in [0, 0.05) is 18.0 Å². The molecule has 0 atom stereocenters. The van der Waals surface area contributed by atoms with Gasteiger partial charge in [-0.15, -0.1) is 0 Å². The van der Waals surface area contributed by atoms with E-state index in [1.54, 1.807) is 6.07 Å². The van der Waals surface area contributed by atoms with E-state index in [1.165, 1.54) is 36.8 Å². The zero-order chi connectivity index (χ0) is 13.5. The van der Waals surface area contributed by atoms with Crippen LogP contribution in [0.15, 0.2) is 42.7 Å². The molecule has 0 spiro atoms. The molecule has 1 N–H and O–H groups in total. The summed E-state index contributed by atoms with van der Waals surface area (Å²) in [5.74, 6) is 0.219. The minimum atomic E-state index is 0.219. The maximum absolute atomic E-state index is 9.84. The molecule has 2 heterocycles. The van der Waals surface area contributed by atoms with E-state index < -0.39 is 0 Å². The second-order valence-electron chi connectivity index (χ2n) is 5.44. The SMILES string of the molecule is Oc1cccn2cc(-c3ccc4c(c3)CCCC4)nc12. The van der Waals surface area contributed by atoms with Crippen LogP contribution in [0.4, 0.5) is 0 Å². The van der Waals surface area contributed by atoms with Crippen LogP contribution in [0.2, 0.25) is 0 Å². The molecule has 0 saturated carbocycles. The summed E-state index contributed by atoms with van der Waals surface area (Å²) in [4.78, 5) is 4.54. The molecule has 3 aromatic rings. The first kappa shape index (κ1) is 11.5. The first-order valence-electron chi connectivity index (χ1n) is 7.10. The summed E-state index contributed by atoms with van der Waals surface area (Å²) in [7, 11) is 0. The van der Waals surface area contributed by atoms with Crippen molar-refractivity contribution in [2.45, 2.75) is 25.7 Å². The van der Waals surface area contributed by atoms with Gasteiger partial charge in [-0.1, -0.05) is 12.1 Å². The first-order valence-corrected chi connectivity index (χ1v) is 7.10. The largest absolute Gasteiger partial charge is 0.504 e. The zero-order valence-electron chi connectivity index (χ0n) is 11.2. The highest BCUT2D eigenvalue weighted by atomic mass is 16.3. The van der Waals surface area contributed by atoms with Crippen LogP contribution in [-0.2, 0) is 12.8 Å². The summed E-state index contributed by atoms with van der Waals surface area (Å²) < 4.78 is 1.87. The Labute approximate surface area is 117 Å². The highest BCUT2D eigenvalue weighted by Crippen LogP contribution is 2.28. The van der Waals surface area contributed by atoms with Gasteiger partial charge in [0.15, 0.2) is 11.4 Å². The number of benzene rings is 1. The van der Waals surface area contributed by atoms with Crippen LogP contribution in [-0.4, -0.2) is 14.5 Å². The molecule has 0 amide bonds. The van der Waals surface area contributed by atoms with Crippen LogP contribution in [0.25, 0.3) is 16.9 Å². The molecule has 2 aromatic heterocycles. The van der Waals surface area contributed by atoms with Crippen LogP contribution in [0.5, 0.6) is 5.75 Å². The summed E-state index contributed by atoms with van der Waals surface area (Å²) in [6.07, 6.45) is 8.82. The fourth-order valence-electron chi connectivity index (χ4n) is 3.03. The van der Waals surface area contributed by atoms with Crippen molar-refractivity contribution in [1.29, 1.82) is 0 Å². The average molecular weight is 264 g/mol. The number of hydrogen-bond donors (Lipinski definition) is 1. The minimum absolute atomic E-state index is 0.219. The molecule has 0 unspecified atom stereocenters. The van der Waals surface area contributed by atoms with Gasteiger partial charge in [0.25, 0.3) is 0 Å². The standard InChI is InChI=1S/C17H16N2O/c20-16-6-3-9-19-11-15(18-17(16)19)14-8-7-12-4-1-2-5-13(12)10-14/h3,6-11,20H,1-2,4-5H2. The lowest BCUT2D eigenvalue weighted by atomic mass is 9.90. The van der Waals surface area contributed by atoms with Gasteiger partial charge in [-0.2, -0.15) is 0 Å². The lowest BCUT2D eigenvalue weighted by Crippen LogP contribution is -2.02. The van der Waals surface area contributed by atoms with Gasteiger partial charge in [0.2, 0.25) is 0 Å². The molecule has 0 fully saturated rings. The molecule has 1 aromatic carbocycles. The Morgan fingerprint density at radius 1 is 1.05 bits per heavy atom. The molecule has 0 aliphatic heterocycles. The third kappa shape index (κ3) is 1.78. The Bertz CT molecular complexity index is 789. The smallest absolute Gasteiger partial charge is 0.180 e. The Morgan fingerprint density at radius 2 is 1.90 bits per heavy atom. The molecular weight excluding hydrogens is 248 g/mol. The molecule has 0 bridgehead atoms. The van der Waals surface area contributed by atoms with Gasteiger partial charge in [0.05, 0.1) is 5.69 Å². The van der Waals surface area contributed by atoms with Crippen LogP contribution in [0.1, 0.15) is 24.0 Å². The minimum Gasteiger partial charge on any atom is -0.504 e. The molecule has 4 rings (SSSR count). The molecule has 1 aliphatic carbocycles. The number of fused-ring (bicyclic) bond motifs is 2. The molecule has 1 aliphatic rings. The number of rotatable bonds is 1. The Kier molecular flexibility index (Phi) is 2.52. The Morgan fingerprint density at radius 3 is 2.75 bits per heavy atom. The third-order valence-corrected chi connectivity index (χ3v) is 4.11. The summed E-state index contributed by atoms with van der Waals surface area (Å²) in [5, 5.41) is 9.84. The van der Waals surface area contributed by atoms with E-state index in [0.717, 1.165) is 11.3 Å². The molecular formula is C17H16N2O. The number of hydrogen-bond acceptors (Lipinski definition) is 2. The van der Waals surface area contributed by atoms with Crippen molar-refractivity contribution in [3.05, 3.63) is 53.9 Å². The predicted molar refractivity (Wildman–Crippen MR) is 78.9 cm³/mol. The van der Waals surface area contributed by atoms with E-state index in [2.05, 4.69) is 23.2 Å². The fraction of sp³-hybridized carbons (Fsp3) is 0.235. The third-order valence-electron chi connectivity index (χ3n) is 4.11. The van der Waals surface area contributed by atoms with Gasteiger partial charge in [-0.3, -0.25) is 0 Å². The summed E-state index contributed by atoms with van der Waals surface area (Å²) >= 11 is 0. The number of aromatic hydroxyl groups is 1. The first-order chi connectivity index (χ1) is 9.81. The van der Waals surface area contributed by atoms with Gasteiger partial charge < -0.3 is 9.51 Å². The van der Waals surface area contributed by atoms with E-state index in [1.807, 2.05) is 22.9 Å². The Hall–Kier alpha value is -2.29. The molecule has 3 nitrogen and oxygen atoms in total. The number of nitrogens with zero attached hydrogens (tertiary/aromatic N) is 2. The van der Waals surface area contributed by atoms with Crippen molar-refractivity contribution in [3.63, 3.8) is 0 Å². The van der Waals surface area contributed by atoms with Gasteiger partial charge >= 0.3 is 0 Å². The average Bonchev–Trinajstić information content (AvgIpc) is 2.92. The molecule has 0 saturated heterocycles. The zero-order valence-corrected chi connectivity index (χ0v) is 11.2. The van der Waals surface area contributed by atoms with Crippen molar-refractivity contribution in [2.24, 2.45) is 0 Å². The van der Waals surface area contributed by atoms with E-state index in [9.17, 15) is 5.11 Å². The monoisotopic (exact) mass is 264 g/mol. The Balaban J connectivity index is 1.84. The number of pyridine rings is 1.